The molecule has 0 aliphatic carbocycles. The summed E-state index contributed by atoms with van der Waals surface area (Å²) in [6.45, 7) is -0.177. The van der Waals surface area contributed by atoms with Crippen molar-refractivity contribution in [2.24, 2.45) is 5.10 Å². The van der Waals surface area contributed by atoms with Crippen LogP contribution in [0.1, 0.15) is 15.9 Å². The number of methoxy groups -OCH3 is 1. The summed E-state index contributed by atoms with van der Waals surface area (Å²) < 4.78 is 17.2. The molecule has 0 aliphatic heterocycles. The van der Waals surface area contributed by atoms with E-state index < -0.39 is 11.9 Å². The number of rotatable bonds is 8. The molecule has 7 nitrogen and oxygen atoms in total. The summed E-state index contributed by atoms with van der Waals surface area (Å²) in [6, 6.07) is 25.3. The first-order valence-corrected chi connectivity index (χ1v) is 11.4. The van der Waals surface area contributed by atoms with Gasteiger partial charge in [-0.2, -0.15) is 5.10 Å². The van der Waals surface area contributed by atoms with Gasteiger partial charge in [0.15, 0.2) is 18.1 Å². The average molecular weight is 533 g/mol. The van der Waals surface area contributed by atoms with Gasteiger partial charge in [-0.15, -0.1) is 0 Å². The number of ether oxygens (including phenoxy) is 3. The molecule has 1 amide bonds. The lowest BCUT2D eigenvalue weighted by molar-refractivity contribution is -0.123. The van der Waals surface area contributed by atoms with Crippen molar-refractivity contribution in [3.8, 4) is 17.2 Å². The molecular formula is C27H21BrN2O5. The number of hydrogen-bond acceptors (Lipinski definition) is 6. The van der Waals surface area contributed by atoms with Crippen molar-refractivity contribution in [3.63, 3.8) is 0 Å². The minimum absolute atomic E-state index is 0.177. The highest BCUT2D eigenvalue weighted by Gasteiger charge is 2.13. The lowest BCUT2D eigenvalue weighted by atomic mass is 10.1. The Morgan fingerprint density at radius 1 is 0.914 bits per heavy atom. The van der Waals surface area contributed by atoms with Crippen LogP contribution in [-0.2, 0) is 4.79 Å². The number of nitrogens with zero attached hydrogens (tertiary/aromatic N) is 1. The standard InChI is InChI=1S/C27H21BrN2O5/c1-33-25-14-18(6-13-24(25)35-27(32)20-7-10-22(28)11-8-20)16-29-30-26(31)17-34-23-12-9-19-4-2-3-5-21(19)15-23/h2-16H,17H2,1H3,(H,30,31). The van der Waals surface area contributed by atoms with Crippen LogP contribution in [0.4, 0.5) is 0 Å². The lowest BCUT2D eigenvalue weighted by Crippen LogP contribution is -2.24. The van der Waals surface area contributed by atoms with E-state index in [1.807, 2.05) is 42.5 Å². The molecule has 4 rings (SSSR count). The van der Waals surface area contributed by atoms with E-state index in [0.29, 0.717) is 22.6 Å². The van der Waals surface area contributed by atoms with Gasteiger partial charge in [-0.05, 0) is 70.9 Å². The maximum Gasteiger partial charge on any atom is 0.343 e. The summed E-state index contributed by atoms with van der Waals surface area (Å²) >= 11 is 3.33. The molecule has 0 saturated heterocycles. The van der Waals surface area contributed by atoms with Crippen LogP contribution in [0.25, 0.3) is 10.8 Å². The third kappa shape index (κ3) is 6.45. The predicted molar refractivity (Wildman–Crippen MR) is 137 cm³/mol. The van der Waals surface area contributed by atoms with Crippen molar-refractivity contribution < 1.29 is 23.8 Å². The summed E-state index contributed by atoms with van der Waals surface area (Å²) in [5, 5.41) is 6.08. The van der Waals surface area contributed by atoms with Crippen LogP contribution in [0, 0.1) is 0 Å². The summed E-state index contributed by atoms with van der Waals surface area (Å²) in [5.74, 6) is 0.314. The highest BCUT2D eigenvalue weighted by Crippen LogP contribution is 2.28. The molecular weight excluding hydrogens is 512 g/mol. The molecule has 0 aliphatic rings. The van der Waals surface area contributed by atoms with Crippen molar-refractivity contribution >= 4 is 44.8 Å². The zero-order valence-corrected chi connectivity index (χ0v) is 20.3. The summed E-state index contributed by atoms with van der Waals surface area (Å²) in [6.07, 6.45) is 1.46. The van der Waals surface area contributed by atoms with E-state index in [4.69, 9.17) is 14.2 Å². The van der Waals surface area contributed by atoms with E-state index >= 15 is 0 Å². The molecule has 0 spiro atoms. The fourth-order valence-corrected chi connectivity index (χ4v) is 3.48. The second kappa shape index (κ2) is 11.3. The van der Waals surface area contributed by atoms with E-state index in [1.54, 1.807) is 42.5 Å². The SMILES string of the molecule is COc1cc(C=NNC(=O)COc2ccc3ccccc3c2)ccc1OC(=O)c1ccc(Br)cc1. The van der Waals surface area contributed by atoms with Crippen LogP contribution in [0.2, 0.25) is 0 Å². The number of carbonyl (C=O) groups excluding carboxylic acids is 2. The molecule has 0 fully saturated rings. The third-order valence-corrected chi connectivity index (χ3v) is 5.49. The zero-order chi connectivity index (χ0) is 24.6. The third-order valence-electron chi connectivity index (χ3n) is 4.96. The largest absolute Gasteiger partial charge is 0.493 e. The first kappa shape index (κ1) is 24.0. The van der Waals surface area contributed by atoms with Gasteiger partial charge < -0.3 is 14.2 Å². The maximum absolute atomic E-state index is 12.4. The van der Waals surface area contributed by atoms with Crippen LogP contribution in [0.5, 0.6) is 17.2 Å². The number of esters is 1. The zero-order valence-electron chi connectivity index (χ0n) is 18.7. The van der Waals surface area contributed by atoms with E-state index in [1.165, 1.54) is 13.3 Å². The second-order valence-corrected chi connectivity index (χ2v) is 8.31. The van der Waals surface area contributed by atoms with Gasteiger partial charge in [0, 0.05) is 4.47 Å². The summed E-state index contributed by atoms with van der Waals surface area (Å²) in [5.41, 5.74) is 3.48. The van der Waals surface area contributed by atoms with Crippen molar-refractivity contribution in [3.05, 3.63) is 101 Å². The van der Waals surface area contributed by atoms with Gasteiger partial charge in [0.2, 0.25) is 0 Å². The molecule has 4 aromatic rings. The van der Waals surface area contributed by atoms with Crippen molar-refractivity contribution in [1.29, 1.82) is 0 Å². The lowest BCUT2D eigenvalue weighted by Gasteiger charge is -2.10. The molecule has 1 N–H and O–H groups in total. The van der Waals surface area contributed by atoms with E-state index in [2.05, 4.69) is 26.5 Å². The number of benzene rings is 4. The van der Waals surface area contributed by atoms with Crippen molar-refractivity contribution in [2.75, 3.05) is 13.7 Å². The average Bonchev–Trinajstić information content (AvgIpc) is 2.88. The number of nitrogens with one attached hydrogen (secondary N) is 1. The molecule has 35 heavy (non-hydrogen) atoms. The van der Waals surface area contributed by atoms with E-state index in [0.717, 1.165) is 15.2 Å². The van der Waals surface area contributed by atoms with Crippen LogP contribution in [-0.4, -0.2) is 31.8 Å². The molecule has 176 valence electrons. The van der Waals surface area contributed by atoms with Gasteiger partial charge in [0.05, 0.1) is 18.9 Å². The van der Waals surface area contributed by atoms with Gasteiger partial charge in [0.1, 0.15) is 5.75 Å². The number of halogens is 1. The highest BCUT2D eigenvalue weighted by atomic mass is 79.9. The van der Waals surface area contributed by atoms with Crippen LogP contribution in [0.15, 0.2) is 94.5 Å². The van der Waals surface area contributed by atoms with E-state index in [-0.39, 0.29) is 12.4 Å². The Hall–Kier alpha value is -4.17. The minimum atomic E-state index is -0.504. The minimum Gasteiger partial charge on any atom is -0.493 e. The normalized spacial score (nSPS) is 10.8. The number of hydrogen-bond donors (Lipinski definition) is 1. The Kier molecular flexibility index (Phi) is 7.74. The fraction of sp³-hybridized carbons (Fsp3) is 0.0741. The van der Waals surface area contributed by atoms with Gasteiger partial charge in [0.25, 0.3) is 5.91 Å². The predicted octanol–water partition coefficient (Wildman–Crippen LogP) is 5.36. The van der Waals surface area contributed by atoms with Gasteiger partial charge in [-0.25, -0.2) is 10.2 Å². The van der Waals surface area contributed by atoms with Crippen LogP contribution in [0.3, 0.4) is 0 Å². The molecule has 8 heteroatoms. The fourth-order valence-electron chi connectivity index (χ4n) is 3.21. The Labute approximate surface area is 210 Å². The highest BCUT2D eigenvalue weighted by molar-refractivity contribution is 9.10. The molecule has 0 heterocycles. The first-order chi connectivity index (χ1) is 17.0. The Morgan fingerprint density at radius 2 is 1.69 bits per heavy atom. The molecule has 0 saturated carbocycles. The number of hydrazone groups is 1. The molecule has 0 unspecified atom stereocenters. The van der Waals surface area contributed by atoms with Crippen molar-refractivity contribution in [1.82, 2.24) is 5.43 Å². The molecule has 0 aromatic heterocycles. The molecule has 0 radical (unpaired) electrons. The quantitative estimate of drug-likeness (QED) is 0.143. The maximum atomic E-state index is 12.4. The molecule has 0 atom stereocenters. The topological polar surface area (TPSA) is 86.2 Å². The Balaban J connectivity index is 1.32. The number of amides is 1. The summed E-state index contributed by atoms with van der Waals surface area (Å²) in [7, 11) is 1.47. The Morgan fingerprint density at radius 3 is 2.46 bits per heavy atom. The monoisotopic (exact) mass is 532 g/mol. The Bertz CT molecular complexity index is 1390. The van der Waals surface area contributed by atoms with Crippen LogP contribution < -0.4 is 19.6 Å². The smallest absolute Gasteiger partial charge is 0.343 e. The second-order valence-electron chi connectivity index (χ2n) is 7.40. The van der Waals surface area contributed by atoms with Crippen LogP contribution >= 0.6 is 15.9 Å². The first-order valence-electron chi connectivity index (χ1n) is 10.6. The molecule has 4 aromatic carbocycles. The summed E-state index contributed by atoms with van der Waals surface area (Å²) in [4.78, 5) is 24.5. The van der Waals surface area contributed by atoms with Gasteiger partial charge >= 0.3 is 5.97 Å². The number of fused-ring (bicyclic) bond motifs is 1. The molecule has 0 bridgehead atoms. The van der Waals surface area contributed by atoms with Crippen molar-refractivity contribution in [2.45, 2.75) is 0 Å². The number of carbonyl (C=O) groups is 2. The van der Waals surface area contributed by atoms with Gasteiger partial charge in [-0.1, -0.05) is 46.3 Å². The van der Waals surface area contributed by atoms with E-state index in [9.17, 15) is 9.59 Å². The van der Waals surface area contributed by atoms with Gasteiger partial charge in [-0.3, -0.25) is 4.79 Å².